The van der Waals surface area contributed by atoms with Crippen LogP contribution < -0.4 is 10.1 Å². The van der Waals surface area contributed by atoms with Crippen molar-refractivity contribution in [3.8, 4) is 5.88 Å². The van der Waals surface area contributed by atoms with Crippen LogP contribution in [0, 0.1) is 0 Å². The van der Waals surface area contributed by atoms with E-state index in [0.29, 0.717) is 17.1 Å². The van der Waals surface area contributed by atoms with Crippen LogP contribution in [0.15, 0.2) is 72.9 Å². The summed E-state index contributed by atoms with van der Waals surface area (Å²) in [5, 5.41) is 2.89. The Morgan fingerprint density at radius 3 is 2.44 bits per heavy atom. The number of hydrogen-bond acceptors (Lipinski definition) is 3. The fourth-order valence-corrected chi connectivity index (χ4v) is 2.66. The van der Waals surface area contributed by atoms with Crippen LogP contribution in [0.25, 0.3) is 0 Å². The summed E-state index contributed by atoms with van der Waals surface area (Å²) in [7, 11) is 1.56. The van der Waals surface area contributed by atoms with Gasteiger partial charge in [-0.25, -0.2) is 4.98 Å². The van der Waals surface area contributed by atoms with Gasteiger partial charge in [0.15, 0.2) is 0 Å². The van der Waals surface area contributed by atoms with Gasteiger partial charge in [-0.15, -0.1) is 0 Å². The average molecular weight is 332 g/mol. The van der Waals surface area contributed by atoms with Gasteiger partial charge in [0.1, 0.15) is 0 Å². The topological polar surface area (TPSA) is 51.2 Å². The summed E-state index contributed by atoms with van der Waals surface area (Å²) in [4.78, 5) is 16.7. The van der Waals surface area contributed by atoms with Crippen LogP contribution in [0.5, 0.6) is 5.88 Å². The molecule has 0 saturated heterocycles. The third kappa shape index (κ3) is 4.44. The Morgan fingerprint density at radius 1 is 0.960 bits per heavy atom. The zero-order valence-corrected chi connectivity index (χ0v) is 14.1. The Hall–Kier alpha value is -3.14. The van der Waals surface area contributed by atoms with Crippen molar-refractivity contribution >= 4 is 11.6 Å². The summed E-state index contributed by atoms with van der Waals surface area (Å²) in [6, 6.07) is 21.5. The van der Waals surface area contributed by atoms with E-state index in [1.54, 1.807) is 25.4 Å². The molecule has 0 bridgehead atoms. The SMILES string of the molecule is COc1ccc(NC(=O)c2ccccc2CCc2ccccc2)cn1. The number of benzene rings is 2. The molecule has 126 valence electrons. The third-order valence-corrected chi connectivity index (χ3v) is 3.99. The molecule has 4 heteroatoms. The molecule has 0 atom stereocenters. The maximum atomic E-state index is 12.6. The van der Waals surface area contributed by atoms with E-state index in [-0.39, 0.29) is 5.91 Å². The molecule has 2 aromatic carbocycles. The maximum Gasteiger partial charge on any atom is 0.255 e. The summed E-state index contributed by atoms with van der Waals surface area (Å²) < 4.78 is 5.03. The lowest BCUT2D eigenvalue weighted by atomic mass is 9.99. The zero-order valence-electron chi connectivity index (χ0n) is 14.1. The number of methoxy groups -OCH3 is 1. The minimum absolute atomic E-state index is 0.129. The van der Waals surface area contributed by atoms with E-state index in [9.17, 15) is 4.79 Å². The van der Waals surface area contributed by atoms with Crippen LogP contribution in [0.1, 0.15) is 21.5 Å². The zero-order chi connectivity index (χ0) is 17.5. The van der Waals surface area contributed by atoms with Crippen LogP contribution in [0.2, 0.25) is 0 Å². The van der Waals surface area contributed by atoms with Gasteiger partial charge in [-0.1, -0.05) is 48.5 Å². The van der Waals surface area contributed by atoms with E-state index in [2.05, 4.69) is 22.4 Å². The lowest BCUT2D eigenvalue weighted by molar-refractivity contribution is 0.102. The van der Waals surface area contributed by atoms with Gasteiger partial charge in [0.25, 0.3) is 5.91 Å². The molecule has 0 aliphatic heterocycles. The van der Waals surface area contributed by atoms with Gasteiger partial charge in [0.2, 0.25) is 5.88 Å². The molecule has 3 aromatic rings. The third-order valence-electron chi connectivity index (χ3n) is 3.99. The van der Waals surface area contributed by atoms with Gasteiger partial charge < -0.3 is 10.1 Å². The first-order valence-electron chi connectivity index (χ1n) is 8.19. The Kier molecular flexibility index (Phi) is 5.42. The van der Waals surface area contributed by atoms with Crippen molar-refractivity contribution in [2.75, 3.05) is 12.4 Å². The van der Waals surface area contributed by atoms with Crippen molar-refractivity contribution in [3.05, 3.63) is 89.6 Å². The van der Waals surface area contributed by atoms with E-state index in [0.717, 1.165) is 18.4 Å². The number of aromatic nitrogens is 1. The van der Waals surface area contributed by atoms with Gasteiger partial charge in [-0.05, 0) is 36.1 Å². The standard InChI is InChI=1S/C21H20N2O2/c1-25-20-14-13-18(15-22-20)23-21(24)19-10-6-5-9-17(19)12-11-16-7-3-2-4-8-16/h2-10,13-15H,11-12H2,1H3,(H,23,24). The first-order chi connectivity index (χ1) is 12.3. The number of nitrogens with one attached hydrogen (secondary N) is 1. The second kappa shape index (κ2) is 8.11. The molecule has 4 nitrogen and oxygen atoms in total. The molecule has 0 unspecified atom stereocenters. The molecular weight excluding hydrogens is 312 g/mol. The average Bonchev–Trinajstić information content (AvgIpc) is 2.68. The normalized spacial score (nSPS) is 10.3. The van der Waals surface area contributed by atoms with E-state index in [4.69, 9.17) is 4.74 Å². The van der Waals surface area contributed by atoms with Gasteiger partial charge in [0, 0.05) is 11.6 Å². The second-order valence-electron chi connectivity index (χ2n) is 5.69. The number of carbonyl (C=O) groups is 1. The van der Waals surface area contributed by atoms with Crippen molar-refractivity contribution in [2.45, 2.75) is 12.8 Å². The number of rotatable bonds is 6. The molecular formula is C21H20N2O2. The van der Waals surface area contributed by atoms with Crippen molar-refractivity contribution in [2.24, 2.45) is 0 Å². The van der Waals surface area contributed by atoms with E-state index >= 15 is 0 Å². The number of hydrogen-bond donors (Lipinski definition) is 1. The highest BCUT2D eigenvalue weighted by atomic mass is 16.5. The monoisotopic (exact) mass is 332 g/mol. The highest BCUT2D eigenvalue weighted by molar-refractivity contribution is 6.05. The smallest absolute Gasteiger partial charge is 0.255 e. The van der Waals surface area contributed by atoms with Crippen LogP contribution in [0.3, 0.4) is 0 Å². The Morgan fingerprint density at radius 2 is 1.72 bits per heavy atom. The predicted molar refractivity (Wildman–Crippen MR) is 99.0 cm³/mol. The van der Waals surface area contributed by atoms with Crippen molar-refractivity contribution in [1.29, 1.82) is 0 Å². The minimum Gasteiger partial charge on any atom is -0.481 e. The number of carbonyl (C=O) groups excluding carboxylic acids is 1. The number of nitrogens with zero attached hydrogens (tertiary/aromatic N) is 1. The summed E-state index contributed by atoms with van der Waals surface area (Å²) in [5.41, 5.74) is 3.63. The Labute approximate surface area is 147 Å². The number of pyridine rings is 1. The predicted octanol–water partition coefficient (Wildman–Crippen LogP) is 4.13. The largest absolute Gasteiger partial charge is 0.481 e. The van der Waals surface area contributed by atoms with Crippen LogP contribution >= 0.6 is 0 Å². The fraction of sp³-hybridized carbons (Fsp3) is 0.143. The summed E-state index contributed by atoms with van der Waals surface area (Å²) >= 11 is 0. The number of anilines is 1. The van der Waals surface area contributed by atoms with Crippen molar-refractivity contribution < 1.29 is 9.53 Å². The number of aryl methyl sites for hydroxylation is 2. The first kappa shape index (κ1) is 16.7. The van der Waals surface area contributed by atoms with E-state index in [1.807, 2.05) is 42.5 Å². The molecule has 0 spiro atoms. The van der Waals surface area contributed by atoms with Gasteiger partial charge in [0.05, 0.1) is 19.0 Å². The quantitative estimate of drug-likeness (QED) is 0.738. The first-order valence-corrected chi connectivity index (χ1v) is 8.19. The van der Waals surface area contributed by atoms with E-state index < -0.39 is 0 Å². The molecule has 1 amide bonds. The molecule has 0 aliphatic carbocycles. The van der Waals surface area contributed by atoms with Gasteiger partial charge in [-0.2, -0.15) is 0 Å². The van der Waals surface area contributed by atoms with Crippen LogP contribution in [-0.2, 0) is 12.8 Å². The van der Waals surface area contributed by atoms with Gasteiger partial charge >= 0.3 is 0 Å². The molecule has 1 heterocycles. The summed E-state index contributed by atoms with van der Waals surface area (Å²) in [6.45, 7) is 0. The van der Waals surface area contributed by atoms with Crippen molar-refractivity contribution in [3.63, 3.8) is 0 Å². The molecule has 25 heavy (non-hydrogen) atoms. The second-order valence-corrected chi connectivity index (χ2v) is 5.69. The number of amides is 1. The Balaban J connectivity index is 1.71. The number of ether oxygens (including phenoxy) is 1. The van der Waals surface area contributed by atoms with Crippen molar-refractivity contribution in [1.82, 2.24) is 4.98 Å². The van der Waals surface area contributed by atoms with Crippen LogP contribution in [0.4, 0.5) is 5.69 Å². The molecule has 1 N–H and O–H groups in total. The summed E-state index contributed by atoms with van der Waals surface area (Å²) in [6.07, 6.45) is 3.30. The van der Waals surface area contributed by atoms with Crippen LogP contribution in [-0.4, -0.2) is 18.0 Å². The molecule has 1 aromatic heterocycles. The molecule has 0 radical (unpaired) electrons. The molecule has 0 aliphatic rings. The fourth-order valence-electron chi connectivity index (χ4n) is 2.66. The lowest BCUT2D eigenvalue weighted by Gasteiger charge is -2.10. The molecule has 0 fully saturated rings. The van der Waals surface area contributed by atoms with E-state index in [1.165, 1.54) is 5.56 Å². The minimum atomic E-state index is -0.129. The summed E-state index contributed by atoms with van der Waals surface area (Å²) in [5.74, 6) is 0.386. The Bertz CT molecular complexity index is 830. The lowest BCUT2D eigenvalue weighted by Crippen LogP contribution is -2.14. The molecule has 3 rings (SSSR count). The van der Waals surface area contributed by atoms with Gasteiger partial charge in [-0.3, -0.25) is 4.79 Å². The highest BCUT2D eigenvalue weighted by Gasteiger charge is 2.11. The highest BCUT2D eigenvalue weighted by Crippen LogP contribution is 2.16. The maximum absolute atomic E-state index is 12.6. The molecule has 0 saturated carbocycles.